The van der Waals surface area contributed by atoms with Gasteiger partial charge in [-0.05, 0) is 36.8 Å². The van der Waals surface area contributed by atoms with Crippen LogP contribution in [0.3, 0.4) is 0 Å². The molecule has 1 amide bonds. The second-order valence-corrected chi connectivity index (χ2v) is 10.6. The zero-order valence-electron chi connectivity index (χ0n) is 20.2. The number of nitrogens with zero attached hydrogens (tertiary/aromatic N) is 2. The topological polar surface area (TPSA) is 81.1 Å². The number of pyridine rings is 1. The van der Waals surface area contributed by atoms with Crippen molar-refractivity contribution in [2.75, 3.05) is 5.75 Å². The number of para-hydroxylation sites is 1. The first-order chi connectivity index (χ1) is 17.8. The van der Waals surface area contributed by atoms with Crippen molar-refractivity contribution < 1.29 is 18.2 Å². The lowest BCUT2D eigenvalue weighted by atomic mass is 9.93. The van der Waals surface area contributed by atoms with Crippen LogP contribution >= 0.6 is 11.6 Å². The van der Waals surface area contributed by atoms with Crippen molar-refractivity contribution in [3.05, 3.63) is 94.0 Å². The molecule has 1 atom stereocenters. The summed E-state index contributed by atoms with van der Waals surface area (Å²) in [5.41, 5.74) is 2.95. The van der Waals surface area contributed by atoms with Gasteiger partial charge >= 0.3 is 0 Å². The number of rotatable bonds is 6. The van der Waals surface area contributed by atoms with Crippen LogP contribution in [0.1, 0.15) is 40.5 Å². The summed E-state index contributed by atoms with van der Waals surface area (Å²) in [5, 5.41) is 1.65. The molecule has 2 aromatic carbocycles. The van der Waals surface area contributed by atoms with Crippen LogP contribution in [0.25, 0.3) is 27.4 Å². The zero-order chi connectivity index (χ0) is 26.3. The number of hydrogen-bond donors (Lipinski definition) is 1. The number of fused-ring (bicyclic) bond motifs is 2. The summed E-state index contributed by atoms with van der Waals surface area (Å²) in [6.07, 6.45) is 5.33. The first-order valence-corrected chi connectivity index (χ1v) is 13.4. The normalized spacial score (nSPS) is 14.3. The molecule has 0 radical (unpaired) electrons. The minimum atomic E-state index is -1.63. The van der Waals surface area contributed by atoms with Crippen LogP contribution in [0, 0.1) is 12.7 Å². The molecular formula is C28H23ClFN3O3S. The van der Waals surface area contributed by atoms with Crippen molar-refractivity contribution in [2.45, 2.75) is 26.8 Å². The van der Waals surface area contributed by atoms with Gasteiger partial charge in [-0.15, -0.1) is 0 Å². The fourth-order valence-corrected chi connectivity index (χ4v) is 5.21. The van der Waals surface area contributed by atoms with Crippen molar-refractivity contribution >= 4 is 61.7 Å². The van der Waals surface area contributed by atoms with Crippen LogP contribution < -0.4 is 4.72 Å². The Morgan fingerprint density at radius 1 is 1.24 bits per heavy atom. The Bertz CT molecular complexity index is 1690. The average Bonchev–Trinajstić information content (AvgIpc) is 3.17. The molecule has 1 unspecified atom stereocenters. The molecule has 9 heteroatoms. The van der Waals surface area contributed by atoms with Crippen molar-refractivity contribution in [1.82, 2.24) is 14.3 Å². The molecule has 0 fully saturated rings. The lowest BCUT2D eigenvalue weighted by Crippen LogP contribution is -2.30. The molecule has 0 spiro atoms. The summed E-state index contributed by atoms with van der Waals surface area (Å²) >= 11 is 6.56. The minimum Gasteiger partial charge on any atom is -0.331 e. The van der Waals surface area contributed by atoms with Gasteiger partial charge in [-0.25, -0.2) is 13.6 Å². The van der Waals surface area contributed by atoms with Crippen LogP contribution in [0.4, 0.5) is 4.39 Å². The first kappa shape index (κ1) is 25.0. The summed E-state index contributed by atoms with van der Waals surface area (Å²) in [4.78, 5) is 31.1. The molecule has 1 aliphatic rings. The Hall–Kier alpha value is -3.62. The van der Waals surface area contributed by atoms with Crippen molar-refractivity contribution in [1.29, 1.82) is 0 Å². The largest absolute Gasteiger partial charge is 0.331 e. The van der Waals surface area contributed by atoms with Gasteiger partial charge < -0.3 is 4.57 Å². The summed E-state index contributed by atoms with van der Waals surface area (Å²) in [5.74, 6) is -1.04. The third-order valence-electron chi connectivity index (χ3n) is 6.38. The summed E-state index contributed by atoms with van der Waals surface area (Å²) < 4.78 is 31.4. The zero-order valence-corrected chi connectivity index (χ0v) is 21.8. The first-order valence-electron chi connectivity index (χ1n) is 11.7. The number of hydrogen-bond acceptors (Lipinski definition) is 4. The average molecular weight is 536 g/mol. The number of carbonyl (C=O) groups excluding carboxylic acids is 2. The highest BCUT2D eigenvalue weighted by atomic mass is 35.5. The van der Waals surface area contributed by atoms with E-state index in [1.54, 1.807) is 42.7 Å². The molecule has 188 valence electrons. The van der Waals surface area contributed by atoms with Crippen molar-refractivity contribution in [3.63, 3.8) is 0 Å². The van der Waals surface area contributed by atoms with Crippen molar-refractivity contribution in [2.24, 2.45) is 0 Å². The second kappa shape index (κ2) is 10.0. The number of carbonyl (C=O) groups is 2. The lowest BCUT2D eigenvalue weighted by molar-refractivity contribution is -0.113. The molecule has 0 saturated heterocycles. The Labute approximate surface area is 220 Å². The van der Waals surface area contributed by atoms with E-state index < -0.39 is 22.7 Å². The van der Waals surface area contributed by atoms with Crippen LogP contribution in [0.5, 0.6) is 0 Å². The van der Waals surface area contributed by atoms with E-state index in [1.807, 2.05) is 30.3 Å². The van der Waals surface area contributed by atoms with Gasteiger partial charge in [0.05, 0.1) is 17.6 Å². The van der Waals surface area contributed by atoms with E-state index >= 15 is 0 Å². The molecule has 4 aromatic rings. The highest BCUT2D eigenvalue weighted by Gasteiger charge is 2.30. The second-order valence-electron chi connectivity index (χ2n) is 8.76. The molecule has 0 aliphatic heterocycles. The maximum absolute atomic E-state index is 14.9. The van der Waals surface area contributed by atoms with Gasteiger partial charge in [0, 0.05) is 39.6 Å². The molecule has 0 saturated carbocycles. The Balaban J connectivity index is 1.82. The van der Waals surface area contributed by atoms with Crippen LogP contribution in [0.15, 0.2) is 60.7 Å². The maximum Gasteiger partial charge on any atom is 0.280 e. The predicted octanol–water partition coefficient (Wildman–Crippen LogP) is 5.66. The molecule has 5 rings (SSSR count). The standard InChI is InChI=1S/C28H23ClFN3O3S/c1-3-37(36)32-28(35)26-25(19-9-5-7-11-24(19)34)20-12-16(2)21(30)14-23(20)33(26)15-18-13-17-8-4-6-10-22(17)31-27(18)29/h4-10,12-14H,3,11,15H2,1-2H3,(H,32,35). The van der Waals surface area contributed by atoms with E-state index in [-0.39, 0.29) is 35.3 Å². The van der Waals surface area contributed by atoms with Crippen LogP contribution in [-0.2, 0) is 22.3 Å². The van der Waals surface area contributed by atoms with E-state index in [9.17, 15) is 18.2 Å². The maximum atomic E-state index is 14.9. The van der Waals surface area contributed by atoms with Crippen LogP contribution in [-0.4, -0.2) is 31.2 Å². The number of amides is 1. The van der Waals surface area contributed by atoms with Gasteiger partial charge in [0.2, 0.25) is 0 Å². The highest BCUT2D eigenvalue weighted by Crippen LogP contribution is 2.37. The molecule has 2 heterocycles. The van der Waals surface area contributed by atoms with Gasteiger partial charge in [-0.3, -0.25) is 14.3 Å². The number of benzene rings is 2. The molecular weight excluding hydrogens is 513 g/mol. The number of ketones is 1. The third-order valence-corrected chi connectivity index (χ3v) is 7.64. The molecule has 1 aliphatic carbocycles. The van der Waals surface area contributed by atoms with Gasteiger partial charge in [0.15, 0.2) is 5.78 Å². The van der Waals surface area contributed by atoms with E-state index in [1.165, 1.54) is 6.07 Å². The fraction of sp³-hybridized carbons (Fsp3) is 0.179. The van der Waals surface area contributed by atoms with Crippen LogP contribution in [0.2, 0.25) is 5.15 Å². The third kappa shape index (κ3) is 4.63. The number of halogens is 2. The molecule has 2 aromatic heterocycles. The molecule has 1 N–H and O–H groups in total. The fourth-order valence-electron chi connectivity index (χ4n) is 4.56. The smallest absolute Gasteiger partial charge is 0.280 e. The van der Waals surface area contributed by atoms with Gasteiger partial charge in [0.1, 0.15) is 27.6 Å². The highest BCUT2D eigenvalue weighted by molar-refractivity contribution is 7.83. The van der Waals surface area contributed by atoms with E-state index in [0.29, 0.717) is 33.2 Å². The Kier molecular flexibility index (Phi) is 6.79. The van der Waals surface area contributed by atoms with E-state index in [0.717, 1.165) is 10.9 Å². The number of allylic oxidation sites excluding steroid dienone is 4. The Morgan fingerprint density at radius 2 is 2.03 bits per heavy atom. The number of Topliss-reactive ketones (excluding diaryl/α,β-unsaturated/α-hetero) is 1. The summed E-state index contributed by atoms with van der Waals surface area (Å²) in [6.45, 7) is 3.39. The number of aromatic nitrogens is 2. The summed E-state index contributed by atoms with van der Waals surface area (Å²) in [7, 11) is -1.63. The number of nitrogens with one attached hydrogen (secondary N) is 1. The van der Waals surface area contributed by atoms with Gasteiger partial charge in [0.25, 0.3) is 5.91 Å². The monoisotopic (exact) mass is 535 g/mol. The van der Waals surface area contributed by atoms with E-state index in [4.69, 9.17) is 11.6 Å². The molecule has 37 heavy (non-hydrogen) atoms. The number of aryl methyl sites for hydroxylation is 1. The van der Waals surface area contributed by atoms with Gasteiger partial charge in [-0.1, -0.05) is 55.0 Å². The summed E-state index contributed by atoms with van der Waals surface area (Å²) in [6, 6.07) is 12.4. The van der Waals surface area contributed by atoms with E-state index in [2.05, 4.69) is 9.71 Å². The minimum absolute atomic E-state index is 0.0779. The van der Waals surface area contributed by atoms with Crippen molar-refractivity contribution in [3.8, 4) is 0 Å². The van der Waals surface area contributed by atoms with Gasteiger partial charge in [-0.2, -0.15) is 0 Å². The quantitative estimate of drug-likeness (QED) is 0.323. The Morgan fingerprint density at radius 3 is 2.78 bits per heavy atom. The lowest BCUT2D eigenvalue weighted by Gasteiger charge is -2.15. The predicted molar refractivity (Wildman–Crippen MR) is 145 cm³/mol. The molecule has 0 bridgehead atoms. The molecule has 6 nitrogen and oxygen atoms in total. The SMILES string of the molecule is CCS(=O)NC(=O)c1c(C2=CC=CCC2=O)c2cc(C)c(F)cc2n1Cc1cc2ccccc2nc1Cl.